The third kappa shape index (κ3) is 1.60. The van der Waals surface area contributed by atoms with Crippen LogP contribution < -0.4 is 15.5 Å². The Balaban J connectivity index is 1.95. The molecule has 1 saturated carbocycles. The zero-order chi connectivity index (χ0) is 12.8. The van der Waals surface area contributed by atoms with Gasteiger partial charge >= 0.3 is 0 Å². The number of benzene rings is 1. The van der Waals surface area contributed by atoms with Crippen molar-refractivity contribution in [2.45, 2.75) is 12.8 Å². The number of rotatable bonds is 2. The van der Waals surface area contributed by atoms with E-state index in [0.717, 1.165) is 37.3 Å². The number of para-hydroxylation sites is 2. The number of carbonyl (C=O) groups is 1. The van der Waals surface area contributed by atoms with Crippen molar-refractivity contribution in [3.05, 3.63) is 24.3 Å². The first-order valence-corrected chi connectivity index (χ1v) is 6.50. The van der Waals surface area contributed by atoms with E-state index in [9.17, 15) is 4.79 Å². The Bertz CT molecular complexity index is 482. The third-order valence-corrected chi connectivity index (χ3v) is 4.19. The van der Waals surface area contributed by atoms with Crippen LogP contribution in [0.15, 0.2) is 24.3 Å². The van der Waals surface area contributed by atoms with Gasteiger partial charge in [-0.3, -0.25) is 4.79 Å². The average molecular weight is 245 g/mol. The second-order valence-corrected chi connectivity index (χ2v) is 5.35. The number of likely N-dealkylation sites (N-methyl/N-ethyl adjacent to an activating group) is 1. The molecule has 0 atom stereocenters. The molecule has 2 N–H and O–H groups in total. The second kappa shape index (κ2) is 3.99. The number of amides is 1. The SMILES string of the molecule is CN1CCN(C(=O)C2(CN)CC2)c2ccccc21. The molecule has 1 amide bonds. The predicted octanol–water partition coefficient (Wildman–Crippen LogP) is 1.21. The molecule has 0 unspecified atom stereocenters. The van der Waals surface area contributed by atoms with Gasteiger partial charge in [-0.05, 0) is 25.0 Å². The minimum Gasteiger partial charge on any atom is -0.371 e. The number of hydrogen-bond donors (Lipinski definition) is 1. The molecule has 96 valence electrons. The van der Waals surface area contributed by atoms with Crippen LogP contribution in [0.5, 0.6) is 0 Å². The Labute approximate surface area is 107 Å². The van der Waals surface area contributed by atoms with Crippen LogP contribution in [0.25, 0.3) is 0 Å². The predicted molar refractivity (Wildman–Crippen MR) is 72.8 cm³/mol. The van der Waals surface area contributed by atoms with Crippen LogP contribution >= 0.6 is 0 Å². The van der Waals surface area contributed by atoms with Gasteiger partial charge in [-0.15, -0.1) is 0 Å². The van der Waals surface area contributed by atoms with Crippen LogP contribution in [0.2, 0.25) is 0 Å². The van der Waals surface area contributed by atoms with E-state index in [1.165, 1.54) is 0 Å². The van der Waals surface area contributed by atoms with E-state index in [1.807, 2.05) is 23.1 Å². The summed E-state index contributed by atoms with van der Waals surface area (Å²) in [7, 11) is 2.07. The first-order valence-electron chi connectivity index (χ1n) is 6.50. The van der Waals surface area contributed by atoms with Gasteiger partial charge in [0.15, 0.2) is 0 Å². The van der Waals surface area contributed by atoms with Crippen molar-refractivity contribution in [2.75, 3.05) is 36.5 Å². The van der Waals surface area contributed by atoms with Crippen LogP contribution in [0.4, 0.5) is 11.4 Å². The largest absolute Gasteiger partial charge is 0.371 e. The van der Waals surface area contributed by atoms with Crippen molar-refractivity contribution in [3.63, 3.8) is 0 Å². The summed E-state index contributed by atoms with van der Waals surface area (Å²) >= 11 is 0. The van der Waals surface area contributed by atoms with E-state index in [-0.39, 0.29) is 11.3 Å². The van der Waals surface area contributed by atoms with Gasteiger partial charge in [-0.1, -0.05) is 12.1 Å². The van der Waals surface area contributed by atoms with Crippen LogP contribution in [0, 0.1) is 5.41 Å². The fourth-order valence-electron chi connectivity index (χ4n) is 2.66. The van der Waals surface area contributed by atoms with E-state index >= 15 is 0 Å². The van der Waals surface area contributed by atoms with Crippen LogP contribution in [0.1, 0.15) is 12.8 Å². The van der Waals surface area contributed by atoms with E-state index in [2.05, 4.69) is 18.0 Å². The Hall–Kier alpha value is -1.55. The summed E-state index contributed by atoms with van der Waals surface area (Å²) in [6.45, 7) is 2.11. The van der Waals surface area contributed by atoms with Gasteiger partial charge in [0.05, 0.1) is 16.8 Å². The lowest BCUT2D eigenvalue weighted by molar-refractivity contribution is -0.123. The molecule has 1 heterocycles. The summed E-state index contributed by atoms with van der Waals surface area (Å²) in [5.74, 6) is 0.213. The highest BCUT2D eigenvalue weighted by atomic mass is 16.2. The zero-order valence-corrected chi connectivity index (χ0v) is 10.7. The topological polar surface area (TPSA) is 49.6 Å². The first-order chi connectivity index (χ1) is 8.68. The minimum atomic E-state index is -0.261. The number of hydrogen-bond acceptors (Lipinski definition) is 3. The second-order valence-electron chi connectivity index (χ2n) is 5.35. The molecule has 4 nitrogen and oxygen atoms in total. The first kappa shape index (κ1) is 11.5. The number of carbonyl (C=O) groups excluding carboxylic acids is 1. The molecule has 1 fully saturated rings. The smallest absolute Gasteiger partial charge is 0.234 e. The van der Waals surface area contributed by atoms with E-state index in [1.54, 1.807) is 0 Å². The molecule has 0 bridgehead atoms. The number of anilines is 2. The lowest BCUT2D eigenvalue weighted by Gasteiger charge is -2.37. The molecule has 0 saturated heterocycles. The average Bonchev–Trinajstić information content (AvgIpc) is 3.20. The normalized spacial score (nSPS) is 20.6. The van der Waals surface area contributed by atoms with Gasteiger partial charge in [-0.25, -0.2) is 0 Å². The van der Waals surface area contributed by atoms with Crippen molar-refractivity contribution in [3.8, 4) is 0 Å². The Morgan fingerprint density at radius 1 is 1.28 bits per heavy atom. The summed E-state index contributed by atoms with van der Waals surface area (Å²) in [6.07, 6.45) is 1.88. The summed E-state index contributed by atoms with van der Waals surface area (Å²) in [5.41, 5.74) is 7.66. The van der Waals surface area contributed by atoms with E-state index in [0.29, 0.717) is 6.54 Å². The maximum atomic E-state index is 12.6. The Morgan fingerprint density at radius 2 is 1.94 bits per heavy atom. The molecular formula is C14H19N3O. The highest BCUT2D eigenvalue weighted by molar-refractivity contribution is 6.02. The molecular weight excluding hydrogens is 226 g/mol. The fraction of sp³-hybridized carbons (Fsp3) is 0.500. The zero-order valence-electron chi connectivity index (χ0n) is 10.7. The highest BCUT2D eigenvalue weighted by Crippen LogP contribution is 2.48. The molecule has 1 aliphatic heterocycles. The van der Waals surface area contributed by atoms with Gasteiger partial charge < -0.3 is 15.5 Å². The summed E-state index contributed by atoms with van der Waals surface area (Å²) in [5, 5.41) is 0. The highest BCUT2D eigenvalue weighted by Gasteiger charge is 2.51. The summed E-state index contributed by atoms with van der Waals surface area (Å²) in [4.78, 5) is 16.7. The lowest BCUT2D eigenvalue weighted by atomic mass is 10.0. The van der Waals surface area contributed by atoms with Crippen LogP contribution in [0.3, 0.4) is 0 Å². The molecule has 0 aromatic heterocycles. The fourth-order valence-corrected chi connectivity index (χ4v) is 2.66. The number of nitrogens with two attached hydrogens (primary N) is 1. The summed E-state index contributed by atoms with van der Waals surface area (Å²) in [6, 6.07) is 8.09. The Morgan fingerprint density at radius 3 is 2.56 bits per heavy atom. The third-order valence-electron chi connectivity index (χ3n) is 4.19. The molecule has 0 spiro atoms. The van der Waals surface area contributed by atoms with Gasteiger partial charge in [0.2, 0.25) is 5.91 Å². The van der Waals surface area contributed by atoms with Gasteiger partial charge in [-0.2, -0.15) is 0 Å². The maximum Gasteiger partial charge on any atom is 0.234 e. The van der Waals surface area contributed by atoms with E-state index in [4.69, 9.17) is 5.73 Å². The summed E-state index contributed by atoms with van der Waals surface area (Å²) < 4.78 is 0. The number of nitrogens with zero attached hydrogens (tertiary/aromatic N) is 2. The molecule has 4 heteroatoms. The quantitative estimate of drug-likeness (QED) is 0.852. The molecule has 1 aliphatic carbocycles. The minimum absolute atomic E-state index is 0.213. The maximum absolute atomic E-state index is 12.6. The van der Waals surface area contributed by atoms with E-state index < -0.39 is 0 Å². The molecule has 18 heavy (non-hydrogen) atoms. The van der Waals surface area contributed by atoms with Gasteiger partial charge in [0, 0.05) is 26.7 Å². The van der Waals surface area contributed by atoms with Crippen molar-refractivity contribution in [2.24, 2.45) is 11.1 Å². The van der Waals surface area contributed by atoms with Gasteiger partial charge in [0.25, 0.3) is 0 Å². The van der Waals surface area contributed by atoms with Gasteiger partial charge in [0.1, 0.15) is 0 Å². The molecule has 2 aliphatic rings. The number of fused-ring (bicyclic) bond motifs is 1. The van der Waals surface area contributed by atoms with Crippen molar-refractivity contribution in [1.29, 1.82) is 0 Å². The van der Waals surface area contributed by atoms with Crippen molar-refractivity contribution in [1.82, 2.24) is 0 Å². The van der Waals surface area contributed by atoms with Crippen LogP contribution in [-0.4, -0.2) is 32.6 Å². The van der Waals surface area contributed by atoms with Crippen molar-refractivity contribution < 1.29 is 4.79 Å². The molecule has 1 aromatic carbocycles. The molecule has 1 aromatic rings. The monoisotopic (exact) mass is 245 g/mol. The van der Waals surface area contributed by atoms with Crippen LogP contribution in [-0.2, 0) is 4.79 Å². The molecule has 0 radical (unpaired) electrons. The van der Waals surface area contributed by atoms with Crippen molar-refractivity contribution >= 4 is 17.3 Å². The lowest BCUT2D eigenvalue weighted by Crippen LogP contribution is -2.47. The molecule has 3 rings (SSSR count). The standard InChI is InChI=1S/C14H19N3O/c1-16-8-9-17(12-5-3-2-4-11(12)16)13(18)14(10-15)6-7-14/h2-5H,6-10,15H2,1H3. The Kier molecular flexibility index (Phi) is 2.55.